The molecular formula is C63H113NO8P+. The zero-order valence-electron chi connectivity index (χ0n) is 47.9. The van der Waals surface area contributed by atoms with Gasteiger partial charge in [-0.25, -0.2) is 4.57 Å². The molecule has 1 N–H and O–H groups in total. The highest BCUT2D eigenvalue weighted by Gasteiger charge is 2.27. The Morgan fingerprint density at radius 3 is 1.16 bits per heavy atom. The average molecular weight is 1040 g/mol. The lowest BCUT2D eigenvalue weighted by molar-refractivity contribution is -0.870. The third-order valence-corrected chi connectivity index (χ3v) is 13.7. The number of rotatable bonds is 54. The molecule has 0 aliphatic rings. The molecule has 0 rings (SSSR count). The van der Waals surface area contributed by atoms with Crippen LogP contribution in [0.15, 0.2) is 85.1 Å². The quantitative estimate of drug-likeness (QED) is 0.0211. The number of esters is 2. The molecule has 0 saturated heterocycles. The van der Waals surface area contributed by atoms with Crippen molar-refractivity contribution in [2.24, 2.45) is 0 Å². The number of carbonyl (C=O) groups is 2. The fraction of sp³-hybridized carbons (Fsp3) is 0.746. The monoisotopic (exact) mass is 1040 g/mol. The van der Waals surface area contributed by atoms with Crippen molar-refractivity contribution in [2.75, 3.05) is 47.5 Å². The number of phosphoric acid groups is 1. The van der Waals surface area contributed by atoms with Gasteiger partial charge >= 0.3 is 19.8 Å². The summed E-state index contributed by atoms with van der Waals surface area (Å²) >= 11 is 0. The number of nitrogens with zero attached hydrogens (tertiary/aromatic N) is 1. The fourth-order valence-electron chi connectivity index (χ4n) is 8.11. The van der Waals surface area contributed by atoms with Gasteiger partial charge < -0.3 is 18.9 Å². The number of ether oxygens (including phenoxy) is 2. The highest BCUT2D eigenvalue weighted by atomic mass is 31.2. The first-order valence-corrected chi connectivity index (χ1v) is 31.3. The Morgan fingerprint density at radius 1 is 0.438 bits per heavy atom. The van der Waals surface area contributed by atoms with E-state index in [4.69, 9.17) is 18.5 Å². The second-order valence-corrected chi connectivity index (χ2v) is 22.5. The lowest BCUT2D eigenvalue weighted by Crippen LogP contribution is -2.37. The fourth-order valence-corrected chi connectivity index (χ4v) is 8.86. The smallest absolute Gasteiger partial charge is 0.462 e. The van der Waals surface area contributed by atoms with Crippen molar-refractivity contribution in [2.45, 2.75) is 258 Å². The van der Waals surface area contributed by atoms with Crippen molar-refractivity contribution < 1.29 is 42.1 Å². The molecule has 0 heterocycles. The number of phosphoric ester groups is 1. The molecule has 0 aromatic rings. The molecule has 10 heteroatoms. The van der Waals surface area contributed by atoms with Crippen LogP contribution in [0, 0.1) is 0 Å². The van der Waals surface area contributed by atoms with Crippen molar-refractivity contribution in [1.29, 1.82) is 0 Å². The summed E-state index contributed by atoms with van der Waals surface area (Å²) in [6.07, 6.45) is 72.3. The van der Waals surface area contributed by atoms with Crippen LogP contribution in [0.5, 0.6) is 0 Å². The standard InChI is InChI=1S/C63H112NO8P/c1-6-8-10-12-14-16-18-20-22-23-24-25-26-27-28-29-30-31-32-33-34-35-36-37-38-39-40-41-42-44-46-48-50-52-54-56-63(66)72-61(60-71-73(67,68)70-58-57-64(3,4)5)59-69-62(65)55-53-51-49-47-45-43-21-19-17-15-13-11-9-7-2/h8,10,14,16,20,22,24-25,27-28,30-31,33-34,61H,6-7,9,11-13,15,17-19,21,23,26,29,32,35-60H2,1-5H3/p+1/b10-8-,16-14-,22-20-,25-24-,28-27-,31-30-,34-33-. The molecule has 422 valence electrons. The first-order valence-electron chi connectivity index (χ1n) is 29.8. The van der Waals surface area contributed by atoms with E-state index in [-0.39, 0.29) is 25.6 Å². The minimum Gasteiger partial charge on any atom is -0.462 e. The molecule has 0 amide bonds. The molecule has 0 aromatic carbocycles. The third-order valence-electron chi connectivity index (χ3n) is 12.7. The Labute approximate surface area is 450 Å². The summed E-state index contributed by atoms with van der Waals surface area (Å²) in [7, 11) is 1.48. The Bertz CT molecular complexity index is 1510. The van der Waals surface area contributed by atoms with Gasteiger partial charge in [-0.05, 0) is 70.6 Å². The van der Waals surface area contributed by atoms with Crippen LogP contribution in [0.3, 0.4) is 0 Å². The molecule has 2 unspecified atom stereocenters. The highest BCUT2D eigenvalue weighted by Crippen LogP contribution is 2.43. The van der Waals surface area contributed by atoms with E-state index >= 15 is 0 Å². The summed E-state index contributed by atoms with van der Waals surface area (Å²) in [6, 6.07) is 0. The summed E-state index contributed by atoms with van der Waals surface area (Å²) in [4.78, 5) is 35.6. The number of hydrogen-bond acceptors (Lipinski definition) is 7. The number of carbonyl (C=O) groups excluding carboxylic acids is 2. The third kappa shape index (κ3) is 58.3. The van der Waals surface area contributed by atoms with E-state index in [1.807, 2.05) is 21.1 Å². The van der Waals surface area contributed by atoms with E-state index in [1.165, 1.54) is 135 Å². The topological polar surface area (TPSA) is 108 Å². The van der Waals surface area contributed by atoms with Gasteiger partial charge in [-0.2, -0.15) is 0 Å². The Morgan fingerprint density at radius 2 is 0.781 bits per heavy atom. The first-order chi connectivity index (χ1) is 35.5. The molecule has 0 bridgehead atoms. The predicted molar refractivity (Wildman–Crippen MR) is 312 cm³/mol. The van der Waals surface area contributed by atoms with Crippen molar-refractivity contribution >= 4 is 19.8 Å². The minimum absolute atomic E-state index is 0.0305. The maximum Gasteiger partial charge on any atom is 0.472 e. The van der Waals surface area contributed by atoms with Gasteiger partial charge in [-0.3, -0.25) is 18.6 Å². The second-order valence-electron chi connectivity index (χ2n) is 21.0. The number of likely N-dealkylation sites (N-methyl/N-ethyl adjacent to an activating group) is 1. The van der Waals surface area contributed by atoms with Crippen molar-refractivity contribution in [3.05, 3.63) is 85.1 Å². The number of hydrogen-bond donors (Lipinski definition) is 1. The molecule has 73 heavy (non-hydrogen) atoms. The zero-order valence-corrected chi connectivity index (χ0v) is 48.7. The van der Waals surface area contributed by atoms with Crippen LogP contribution in [0.1, 0.15) is 251 Å². The number of allylic oxidation sites excluding steroid dienone is 14. The van der Waals surface area contributed by atoms with Crippen LogP contribution in [-0.2, 0) is 32.7 Å². The van der Waals surface area contributed by atoms with Gasteiger partial charge in [0.1, 0.15) is 19.8 Å². The van der Waals surface area contributed by atoms with Crippen LogP contribution in [-0.4, -0.2) is 74.9 Å². The molecule has 0 spiro atoms. The molecule has 0 fully saturated rings. The van der Waals surface area contributed by atoms with E-state index in [2.05, 4.69) is 98.9 Å². The van der Waals surface area contributed by atoms with Crippen LogP contribution in [0.2, 0.25) is 0 Å². The Kier molecular flexibility index (Phi) is 51.9. The van der Waals surface area contributed by atoms with Gasteiger partial charge in [-0.1, -0.05) is 253 Å². The lowest BCUT2D eigenvalue weighted by atomic mass is 10.0. The molecule has 0 saturated carbocycles. The first kappa shape index (κ1) is 70.2. The maximum atomic E-state index is 12.8. The van der Waals surface area contributed by atoms with Gasteiger partial charge in [0.05, 0.1) is 27.7 Å². The SMILES string of the molecule is CC/C=C\C/C=C\C/C=C\C/C=C\C/C=C\C/C=C\C/C=C\CCCCCCCCCCCCCCCC(=O)OC(COC(=O)CCCCCCCCCCCCCCCC)COP(=O)(O)OCC[N+](C)(C)C. The largest absolute Gasteiger partial charge is 0.472 e. The predicted octanol–water partition coefficient (Wildman–Crippen LogP) is 18.6. The Hall–Kier alpha value is -2.81. The molecule has 0 radical (unpaired) electrons. The van der Waals surface area contributed by atoms with Crippen LogP contribution < -0.4 is 0 Å². The summed E-state index contributed by atoms with van der Waals surface area (Å²) < 4.78 is 34.5. The molecular weight excluding hydrogens is 930 g/mol. The normalized spacial score (nSPS) is 13.9. The molecule has 2 atom stereocenters. The summed E-state index contributed by atoms with van der Waals surface area (Å²) in [5.74, 6) is -0.793. The summed E-state index contributed by atoms with van der Waals surface area (Å²) in [6.45, 7) is 4.33. The second kappa shape index (κ2) is 54.0. The van der Waals surface area contributed by atoms with Crippen LogP contribution in [0.4, 0.5) is 0 Å². The summed E-state index contributed by atoms with van der Waals surface area (Å²) in [5, 5.41) is 0. The number of unbranched alkanes of at least 4 members (excludes halogenated alkanes) is 26. The van der Waals surface area contributed by atoms with Crippen LogP contribution in [0.25, 0.3) is 0 Å². The molecule has 0 aromatic heterocycles. The van der Waals surface area contributed by atoms with Crippen LogP contribution >= 0.6 is 7.82 Å². The van der Waals surface area contributed by atoms with E-state index in [0.717, 1.165) is 83.5 Å². The van der Waals surface area contributed by atoms with Crippen molar-refractivity contribution in [3.63, 3.8) is 0 Å². The summed E-state index contributed by atoms with van der Waals surface area (Å²) in [5.41, 5.74) is 0. The van der Waals surface area contributed by atoms with E-state index in [0.29, 0.717) is 23.9 Å². The minimum atomic E-state index is -4.38. The lowest BCUT2D eigenvalue weighted by Gasteiger charge is -2.24. The Balaban J connectivity index is 4.06. The highest BCUT2D eigenvalue weighted by molar-refractivity contribution is 7.47. The van der Waals surface area contributed by atoms with E-state index in [9.17, 15) is 19.0 Å². The van der Waals surface area contributed by atoms with Gasteiger partial charge in [-0.15, -0.1) is 0 Å². The molecule has 0 aliphatic heterocycles. The molecule has 9 nitrogen and oxygen atoms in total. The van der Waals surface area contributed by atoms with E-state index in [1.54, 1.807) is 0 Å². The van der Waals surface area contributed by atoms with Gasteiger partial charge in [0, 0.05) is 12.8 Å². The van der Waals surface area contributed by atoms with Gasteiger partial charge in [0.25, 0.3) is 0 Å². The van der Waals surface area contributed by atoms with E-state index < -0.39 is 26.5 Å². The zero-order chi connectivity index (χ0) is 53.5. The number of quaternary nitrogens is 1. The van der Waals surface area contributed by atoms with Gasteiger partial charge in [0.2, 0.25) is 0 Å². The maximum absolute atomic E-state index is 12.8. The van der Waals surface area contributed by atoms with Gasteiger partial charge in [0.15, 0.2) is 6.10 Å². The van der Waals surface area contributed by atoms with Crippen molar-refractivity contribution in [3.8, 4) is 0 Å². The molecule has 0 aliphatic carbocycles. The average Bonchev–Trinajstić information content (AvgIpc) is 3.35. The van der Waals surface area contributed by atoms with Crippen molar-refractivity contribution in [1.82, 2.24) is 0 Å².